The summed E-state index contributed by atoms with van der Waals surface area (Å²) < 4.78 is 12.8. The maximum Gasteiger partial charge on any atom is 0.159 e. The summed E-state index contributed by atoms with van der Waals surface area (Å²) in [7, 11) is 0. The molecule has 0 atom stereocenters. The lowest BCUT2D eigenvalue weighted by Gasteiger charge is -1.96. The van der Waals surface area contributed by atoms with Gasteiger partial charge in [-0.1, -0.05) is 29.3 Å². The lowest BCUT2D eigenvalue weighted by molar-refractivity contribution is 0.320. The minimum atomic E-state index is -0.341. The number of hydrogen-bond donors (Lipinski definition) is 1. The van der Waals surface area contributed by atoms with E-state index in [0.717, 1.165) is 5.56 Å². The Bertz CT molecular complexity index is 606. The van der Waals surface area contributed by atoms with Gasteiger partial charge >= 0.3 is 0 Å². The average molecular weight is 239 g/mol. The van der Waals surface area contributed by atoms with E-state index in [1.165, 1.54) is 24.3 Å². The zero-order valence-corrected chi connectivity index (χ0v) is 9.47. The first-order chi connectivity index (χ1) is 8.79. The Morgan fingerprint density at radius 1 is 1.00 bits per heavy atom. The van der Waals surface area contributed by atoms with Crippen molar-refractivity contribution in [3.05, 3.63) is 71.5 Å². The molecule has 0 aromatic heterocycles. The number of benzene rings is 2. The molecule has 0 aliphatic heterocycles. The molecule has 0 aliphatic carbocycles. The van der Waals surface area contributed by atoms with Crippen molar-refractivity contribution in [2.75, 3.05) is 0 Å². The van der Waals surface area contributed by atoms with E-state index in [9.17, 15) is 4.39 Å². The molecule has 2 aromatic carbocycles. The van der Waals surface area contributed by atoms with Crippen molar-refractivity contribution in [3.63, 3.8) is 0 Å². The van der Waals surface area contributed by atoms with Crippen molar-refractivity contribution < 1.29 is 9.60 Å². The molecule has 0 spiro atoms. The van der Waals surface area contributed by atoms with Gasteiger partial charge in [0.15, 0.2) is 5.71 Å². The summed E-state index contributed by atoms with van der Waals surface area (Å²) in [5.74, 6) is 5.28. The van der Waals surface area contributed by atoms with E-state index < -0.39 is 0 Å². The lowest BCUT2D eigenvalue weighted by Crippen LogP contribution is -1.97. The second-order valence-electron chi connectivity index (χ2n) is 3.57. The van der Waals surface area contributed by atoms with Gasteiger partial charge in [0.25, 0.3) is 0 Å². The van der Waals surface area contributed by atoms with E-state index >= 15 is 0 Å². The molecular formula is C15H10FNO. The molecule has 3 heteroatoms. The molecule has 2 rings (SSSR count). The predicted molar refractivity (Wildman–Crippen MR) is 68.0 cm³/mol. The molecule has 0 amide bonds. The summed E-state index contributed by atoms with van der Waals surface area (Å²) in [5, 5.41) is 12.0. The molecule has 18 heavy (non-hydrogen) atoms. The molecule has 2 aromatic rings. The summed E-state index contributed by atoms with van der Waals surface area (Å²) in [6.45, 7) is 0. The van der Waals surface area contributed by atoms with Crippen molar-refractivity contribution in [2.24, 2.45) is 5.16 Å². The molecule has 0 bridgehead atoms. The summed E-state index contributed by atoms with van der Waals surface area (Å²) in [6, 6.07) is 15.0. The Balaban J connectivity index is 2.27. The van der Waals surface area contributed by atoms with Crippen LogP contribution in [0.1, 0.15) is 11.1 Å². The van der Waals surface area contributed by atoms with Crippen LogP contribution in [0.4, 0.5) is 4.39 Å². The van der Waals surface area contributed by atoms with Crippen LogP contribution in [0, 0.1) is 17.7 Å². The van der Waals surface area contributed by atoms with Crippen LogP contribution in [-0.2, 0) is 0 Å². The Kier molecular flexibility index (Phi) is 3.72. The van der Waals surface area contributed by atoms with Gasteiger partial charge in [-0.2, -0.15) is 0 Å². The van der Waals surface area contributed by atoms with E-state index in [-0.39, 0.29) is 11.5 Å². The van der Waals surface area contributed by atoms with E-state index in [1.54, 1.807) is 0 Å². The standard InChI is InChI=1S/C15H10FNO/c16-14-9-7-13(8-10-14)15(17-18)11-6-12-4-2-1-3-5-12/h1-5,7-10,18H. The molecule has 0 aliphatic rings. The molecule has 0 fully saturated rings. The van der Waals surface area contributed by atoms with Crippen LogP contribution in [0.3, 0.4) is 0 Å². The first kappa shape index (κ1) is 11.9. The second kappa shape index (κ2) is 5.65. The van der Waals surface area contributed by atoms with Crippen LogP contribution in [0.15, 0.2) is 59.8 Å². The fourth-order valence-electron chi connectivity index (χ4n) is 1.42. The Morgan fingerprint density at radius 2 is 1.67 bits per heavy atom. The minimum absolute atomic E-state index is 0.207. The fourth-order valence-corrected chi connectivity index (χ4v) is 1.42. The monoisotopic (exact) mass is 239 g/mol. The fraction of sp³-hybridized carbons (Fsp3) is 0. The zero-order chi connectivity index (χ0) is 12.8. The highest BCUT2D eigenvalue weighted by molar-refractivity contribution is 6.12. The van der Waals surface area contributed by atoms with Gasteiger partial charge in [0, 0.05) is 11.1 Å². The third-order valence-corrected chi connectivity index (χ3v) is 2.32. The minimum Gasteiger partial charge on any atom is -0.410 e. The van der Waals surface area contributed by atoms with Crippen LogP contribution in [0.2, 0.25) is 0 Å². The topological polar surface area (TPSA) is 32.6 Å². The third-order valence-electron chi connectivity index (χ3n) is 2.32. The number of nitrogens with zero attached hydrogens (tertiary/aromatic N) is 1. The molecule has 2 nitrogen and oxygen atoms in total. The van der Waals surface area contributed by atoms with Crippen molar-refractivity contribution in [2.45, 2.75) is 0 Å². The number of rotatable bonds is 1. The van der Waals surface area contributed by atoms with Gasteiger partial charge in [-0.15, -0.1) is 0 Å². The van der Waals surface area contributed by atoms with Gasteiger partial charge in [0.2, 0.25) is 0 Å². The van der Waals surface area contributed by atoms with Crippen molar-refractivity contribution in [1.29, 1.82) is 0 Å². The predicted octanol–water partition coefficient (Wildman–Crippen LogP) is 3.06. The number of oxime groups is 1. The van der Waals surface area contributed by atoms with Gasteiger partial charge in [-0.05, 0) is 42.3 Å². The van der Waals surface area contributed by atoms with E-state index in [4.69, 9.17) is 5.21 Å². The summed E-state index contributed by atoms with van der Waals surface area (Å²) in [6.07, 6.45) is 0. The molecule has 1 N–H and O–H groups in total. The third kappa shape index (κ3) is 2.96. The Hall–Kier alpha value is -2.60. The Labute approximate surface area is 104 Å². The van der Waals surface area contributed by atoms with Crippen LogP contribution in [-0.4, -0.2) is 10.9 Å². The second-order valence-corrected chi connectivity index (χ2v) is 3.57. The lowest BCUT2D eigenvalue weighted by atomic mass is 10.1. The van der Waals surface area contributed by atoms with E-state index in [1.807, 2.05) is 30.3 Å². The molecular weight excluding hydrogens is 229 g/mol. The van der Waals surface area contributed by atoms with E-state index in [2.05, 4.69) is 17.0 Å². The molecule has 0 saturated carbocycles. The SMILES string of the molecule is ON=C(C#Cc1ccccc1)c1ccc(F)cc1. The summed E-state index contributed by atoms with van der Waals surface area (Å²) in [5.41, 5.74) is 1.60. The molecule has 0 heterocycles. The molecule has 0 saturated heterocycles. The summed E-state index contributed by atoms with van der Waals surface area (Å²) >= 11 is 0. The van der Waals surface area contributed by atoms with Crippen LogP contribution >= 0.6 is 0 Å². The van der Waals surface area contributed by atoms with Gasteiger partial charge in [-0.3, -0.25) is 0 Å². The smallest absolute Gasteiger partial charge is 0.159 e. The summed E-state index contributed by atoms with van der Waals surface area (Å²) in [4.78, 5) is 0. The highest BCUT2D eigenvalue weighted by atomic mass is 19.1. The van der Waals surface area contributed by atoms with Crippen LogP contribution in [0.5, 0.6) is 0 Å². The zero-order valence-electron chi connectivity index (χ0n) is 9.47. The Morgan fingerprint density at radius 3 is 2.28 bits per heavy atom. The highest BCUT2D eigenvalue weighted by Crippen LogP contribution is 2.04. The quantitative estimate of drug-likeness (QED) is 0.353. The van der Waals surface area contributed by atoms with Crippen LogP contribution in [0.25, 0.3) is 0 Å². The normalized spacial score (nSPS) is 10.6. The van der Waals surface area contributed by atoms with Crippen molar-refractivity contribution in [3.8, 4) is 11.8 Å². The number of halogens is 1. The van der Waals surface area contributed by atoms with Gasteiger partial charge < -0.3 is 5.21 Å². The first-order valence-corrected chi connectivity index (χ1v) is 5.34. The van der Waals surface area contributed by atoms with Crippen LogP contribution < -0.4 is 0 Å². The van der Waals surface area contributed by atoms with Gasteiger partial charge in [-0.25, -0.2) is 4.39 Å². The highest BCUT2D eigenvalue weighted by Gasteiger charge is 2.00. The van der Waals surface area contributed by atoms with Crippen molar-refractivity contribution in [1.82, 2.24) is 0 Å². The van der Waals surface area contributed by atoms with E-state index in [0.29, 0.717) is 5.56 Å². The average Bonchev–Trinajstić information content (AvgIpc) is 2.42. The van der Waals surface area contributed by atoms with Crippen molar-refractivity contribution >= 4 is 5.71 Å². The largest absolute Gasteiger partial charge is 0.410 e. The maximum absolute atomic E-state index is 12.8. The van der Waals surface area contributed by atoms with Gasteiger partial charge in [0.05, 0.1) is 0 Å². The molecule has 0 unspecified atom stereocenters. The van der Waals surface area contributed by atoms with Gasteiger partial charge in [0.1, 0.15) is 5.82 Å². The maximum atomic E-state index is 12.8. The first-order valence-electron chi connectivity index (χ1n) is 5.34. The molecule has 88 valence electrons. The number of hydrogen-bond acceptors (Lipinski definition) is 2. The molecule has 0 radical (unpaired) electrons.